The lowest BCUT2D eigenvalue weighted by atomic mass is 9.94. The van der Waals surface area contributed by atoms with Crippen molar-refractivity contribution in [1.82, 2.24) is 0 Å². The molecule has 1 fully saturated rings. The number of esters is 1. The molecule has 16 heavy (non-hydrogen) atoms. The summed E-state index contributed by atoms with van der Waals surface area (Å²) in [5.74, 6) is 0.236. The van der Waals surface area contributed by atoms with Crippen LogP contribution in [-0.2, 0) is 9.53 Å². The van der Waals surface area contributed by atoms with Crippen LogP contribution in [0.15, 0.2) is 22.7 Å². The fourth-order valence-corrected chi connectivity index (χ4v) is 3.73. The van der Waals surface area contributed by atoms with E-state index in [1.807, 2.05) is 18.2 Å². The molecule has 1 aromatic carbocycles. The highest BCUT2D eigenvalue weighted by atomic mass is 127. The first kappa shape index (κ1) is 12.4. The summed E-state index contributed by atoms with van der Waals surface area (Å²) in [6.45, 7) is 0. The highest BCUT2D eigenvalue weighted by Gasteiger charge is 2.39. The molecule has 1 aliphatic carbocycles. The van der Waals surface area contributed by atoms with Crippen molar-refractivity contribution in [3.05, 3.63) is 31.8 Å². The molecule has 0 aromatic heterocycles. The summed E-state index contributed by atoms with van der Waals surface area (Å²) in [7, 11) is 1.46. The topological polar surface area (TPSA) is 26.3 Å². The van der Waals surface area contributed by atoms with Gasteiger partial charge in [0, 0.05) is 8.04 Å². The van der Waals surface area contributed by atoms with E-state index in [4.69, 9.17) is 4.74 Å². The molecule has 0 N–H and O–H groups in total. The summed E-state index contributed by atoms with van der Waals surface area (Å²) < 4.78 is 7.04. The van der Waals surface area contributed by atoms with Crippen LogP contribution < -0.4 is 0 Å². The van der Waals surface area contributed by atoms with Gasteiger partial charge >= 0.3 is 5.97 Å². The quantitative estimate of drug-likeness (QED) is 0.576. The van der Waals surface area contributed by atoms with Gasteiger partial charge in [0.2, 0.25) is 0 Å². The van der Waals surface area contributed by atoms with Gasteiger partial charge in [0.25, 0.3) is 0 Å². The molecule has 2 nitrogen and oxygen atoms in total. The van der Waals surface area contributed by atoms with Gasteiger partial charge in [-0.05, 0) is 59.0 Å². The maximum Gasteiger partial charge on any atom is 0.313 e. The molecule has 0 amide bonds. The Labute approximate surface area is 117 Å². The largest absolute Gasteiger partial charge is 0.469 e. The van der Waals surface area contributed by atoms with Gasteiger partial charge in [0.05, 0.1) is 13.0 Å². The van der Waals surface area contributed by atoms with Crippen LogP contribution in [0.1, 0.15) is 24.3 Å². The number of rotatable bonds is 3. The van der Waals surface area contributed by atoms with Crippen LogP contribution in [0.4, 0.5) is 0 Å². The zero-order chi connectivity index (χ0) is 11.7. The van der Waals surface area contributed by atoms with E-state index in [0.29, 0.717) is 5.92 Å². The van der Waals surface area contributed by atoms with E-state index in [0.717, 1.165) is 26.4 Å². The molecule has 86 valence electrons. The summed E-state index contributed by atoms with van der Waals surface area (Å²) >= 11 is 5.80. The molecule has 0 saturated heterocycles. The van der Waals surface area contributed by atoms with Crippen LogP contribution in [0.5, 0.6) is 0 Å². The van der Waals surface area contributed by atoms with Crippen LogP contribution in [0.2, 0.25) is 0 Å². The second kappa shape index (κ2) is 5.04. The SMILES string of the molecule is COC(=O)C(c1c(Br)cccc1I)C1CC1. The molecule has 0 radical (unpaired) electrons. The summed E-state index contributed by atoms with van der Waals surface area (Å²) in [6, 6.07) is 5.99. The molecule has 0 aliphatic heterocycles. The van der Waals surface area contributed by atoms with Crippen molar-refractivity contribution in [3.63, 3.8) is 0 Å². The Hall–Kier alpha value is -0.100. The zero-order valence-electron chi connectivity index (χ0n) is 8.87. The number of hydrogen-bond acceptors (Lipinski definition) is 2. The van der Waals surface area contributed by atoms with Crippen LogP contribution in [0, 0.1) is 9.49 Å². The summed E-state index contributed by atoms with van der Waals surface area (Å²) in [5, 5.41) is 0. The predicted octanol–water partition coefficient (Wildman–Crippen LogP) is 3.72. The third-order valence-electron chi connectivity index (χ3n) is 2.86. The van der Waals surface area contributed by atoms with Gasteiger partial charge in [0.15, 0.2) is 0 Å². The van der Waals surface area contributed by atoms with Gasteiger partial charge in [-0.25, -0.2) is 0 Å². The number of benzene rings is 1. The lowest BCUT2D eigenvalue weighted by Crippen LogP contribution is -2.17. The van der Waals surface area contributed by atoms with Crippen molar-refractivity contribution in [1.29, 1.82) is 0 Å². The smallest absolute Gasteiger partial charge is 0.313 e. The third-order valence-corrected chi connectivity index (χ3v) is 4.49. The molecule has 1 atom stereocenters. The Morgan fingerprint density at radius 2 is 2.25 bits per heavy atom. The molecule has 2 rings (SSSR count). The molecular weight excluding hydrogens is 383 g/mol. The minimum atomic E-state index is -0.118. The molecule has 1 unspecified atom stereocenters. The fraction of sp³-hybridized carbons (Fsp3) is 0.417. The molecule has 1 aliphatic rings. The second-order valence-electron chi connectivity index (χ2n) is 3.97. The Morgan fingerprint density at radius 1 is 1.56 bits per heavy atom. The minimum Gasteiger partial charge on any atom is -0.469 e. The van der Waals surface area contributed by atoms with Crippen molar-refractivity contribution < 1.29 is 9.53 Å². The molecular formula is C12H12BrIO2. The first-order valence-electron chi connectivity index (χ1n) is 5.17. The van der Waals surface area contributed by atoms with Crippen molar-refractivity contribution in [2.24, 2.45) is 5.92 Å². The molecule has 0 bridgehead atoms. The van der Waals surface area contributed by atoms with Crippen molar-refractivity contribution in [2.75, 3.05) is 7.11 Å². The van der Waals surface area contributed by atoms with Crippen LogP contribution in [-0.4, -0.2) is 13.1 Å². The summed E-state index contributed by atoms with van der Waals surface area (Å²) in [4.78, 5) is 11.9. The van der Waals surface area contributed by atoms with Gasteiger partial charge < -0.3 is 4.74 Å². The van der Waals surface area contributed by atoms with Gasteiger partial charge in [-0.2, -0.15) is 0 Å². The Balaban J connectivity index is 2.42. The third kappa shape index (κ3) is 2.42. The summed E-state index contributed by atoms with van der Waals surface area (Å²) in [5.41, 5.74) is 1.08. The lowest BCUT2D eigenvalue weighted by molar-refractivity contribution is -0.143. The standard InChI is InChI=1S/C12H12BrIO2/c1-16-12(15)10(7-5-6-7)11-8(13)3-2-4-9(11)14/h2-4,7,10H,5-6H2,1H3. The first-order chi connectivity index (χ1) is 7.65. The maximum absolute atomic E-state index is 11.9. The first-order valence-corrected chi connectivity index (χ1v) is 7.04. The van der Waals surface area contributed by atoms with Crippen molar-refractivity contribution in [3.8, 4) is 0 Å². The lowest BCUT2D eigenvalue weighted by Gasteiger charge is -2.17. The van der Waals surface area contributed by atoms with E-state index in [1.54, 1.807) is 0 Å². The Bertz CT molecular complexity index is 395. The van der Waals surface area contributed by atoms with E-state index in [1.165, 1.54) is 7.11 Å². The van der Waals surface area contributed by atoms with Gasteiger partial charge in [0.1, 0.15) is 0 Å². The maximum atomic E-state index is 11.9. The monoisotopic (exact) mass is 394 g/mol. The molecule has 4 heteroatoms. The Morgan fingerprint density at radius 3 is 2.75 bits per heavy atom. The van der Waals surface area contributed by atoms with Gasteiger partial charge in [-0.3, -0.25) is 4.79 Å². The number of halogens is 2. The summed E-state index contributed by atoms with van der Waals surface area (Å²) in [6.07, 6.45) is 2.24. The van der Waals surface area contributed by atoms with Crippen molar-refractivity contribution in [2.45, 2.75) is 18.8 Å². The van der Waals surface area contributed by atoms with Gasteiger partial charge in [-0.1, -0.05) is 22.0 Å². The Kier molecular flexibility index (Phi) is 3.89. The number of carbonyl (C=O) groups is 1. The van der Waals surface area contributed by atoms with E-state index in [-0.39, 0.29) is 11.9 Å². The van der Waals surface area contributed by atoms with E-state index >= 15 is 0 Å². The average molecular weight is 395 g/mol. The molecule has 0 spiro atoms. The molecule has 0 heterocycles. The van der Waals surface area contributed by atoms with Gasteiger partial charge in [-0.15, -0.1) is 0 Å². The van der Waals surface area contributed by atoms with E-state index in [2.05, 4.69) is 38.5 Å². The number of hydrogen-bond donors (Lipinski definition) is 0. The van der Waals surface area contributed by atoms with E-state index in [9.17, 15) is 4.79 Å². The second-order valence-corrected chi connectivity index (χ2v) is 5.99. The zero-order valence-corrected chi connectivity index (χ0v) is 12.6. The van der Waals surface area contributed by atoms with Crippen molar-refractivity contribution >= 4 is 44.5 Å². The highest BCUT2D eigenvalue weighted by Crippen LogP contribution is 2.46. The highest BCUT2D eigenvalue weighted by molar-refractivity contribution is 14.1. The number of methoxy groups -OCH3 is 1. The average Bonchev–Trinajstić information content (AvgIpc) is 3.06. The van der Waals surface area contributed by atoms with Crippen LogP contribution in [0.25, 0.3) is 0 Å². The van der Waals surface area contributed by atoms with E-state index < -0.39 is 0 Å². The van der Waals surface area contributed by atoms with Crippen LogP contribution in [0.3, 0.4) is 0 Å². The fourth-order valence-electron chi connectivity index (χ4n) is 1.91. The number of carbonyl (C=O) groups excluding carboxylic acids is 1. The predicted molar refractivity (Wildman–Crippen MR) is 74.3 cm³/mol. The minimum absolute atomic E-state index is 0.104. The van der Waals surface area contributed by atoms with Crippen LogP contribution >= 0.6 is 38.5 Å². The molecule has 1 saturated carbocycles. The normalized spacial score (nSPS) is 16.9. The molecule has 1 aromatic rings. The number of ether oxygens (including phenoxy) is 1.